The van der Waals surface area contributed by atoms with E-state index in [9.17, 15) is 9.59 Å². The largest absolute Gasteiger partial charge is 0.438 e. The Morgan fingerprint density at radius 2 is 1.55 bits per heavy atom. The van der Waals surface area contributed by atoms with Crippen molar-refractivity contribution in [1.29, 1.82) is 0 Å². The van der Waals surface area contributed by atoms with E-state index in [2.05, 4.69) is 4.99 Å². The van der Waals surface area contributed by atoms with Crippen LogP contribution in [0, 0.1) is 20.8 Å². The molecule has 1 atom stereocenters. The number of carbonyl (C=O) groups excluding carboxylic acids is 2. The number of isocyanates is 1. The van der Waals surface area contributed by atoms with Crippen LogP contribution in [0.1, 0.15) is 27.0 Å². The number of aliphatic imine (C=N–C) groups is 1. The first-order valence-corrected chi connectivity index (χ1v) is 11.3. The Morgan fingerprint density at radius 1 is 0.935 bits per heavy atom. The maximum Gasteiger partial charge on any atom is 0.343 e. The van der Waals surface area contributed by atoms with Crippen molar-refractivity contribution in [2.45, 2.75) is 20.8 Å². The van der Waals surface area contributed by atoms with Crippen LogP contribution in [0.3, 0.4) is 0 Å². The van der Waals surface area contributed by atoms with E-state index in [0.717, 1.165) is 27.8 Å². The van der Waals surface area contributed by atoms with Gasteiger partial charge in [-0.1, -0.05) is 60.2 Å². The van der Waals surface area contributed by atoms with Gasteiger partial charge >= 0.3 is 5.97 Å². The normalized spacial score (nSPS) is 11.3. The fourth-order valence-electron chi connectivity index (χ4n) is 3.38. The molecule has 158 valence electrons. The summed E-state index contributed by atoms with van der Waals surface area (Å²) < 4.78 is 11.7. The number of rotatable bonds is 8. The molecule has 3 aromatic carbocycles. The van der Waals surface area contributed by atoms with E-state index < -0.39 is 14.3 Å². The minimum absolute atomic E-state index is 0.177. The molecule has 0 heterocycles. The van der Waals surface area contributed by atoms with Gasteiger partial charge in [-0.25, -0.2) is 14.6 Å². The molecule has 0 N–H and O–H groups in total. The van der Waals surface area contributed by atoms with Crippen LogP contribution >= 0.6 is 8.38 Å². The molecule has 0 amide bonds. The van der Waals surface area contributed by atoms with E-state index in [4.69, 9.17) is 9.05 Å². The van der Waals surface area contributed by atoms with Gasteiger partial charge in [0.2, 0.25) is 6.08 Å². The van der Waals surface area contributed by atoms with Gasteiger partial charge in [-0.05, 0) is 55.2 Å². The Hall–Kier alpha value is -3.26. The van der Waals surface area contributed by atoms with Gasteiger partial charge in [0.25, 0.3) is 8.38 Å². The van der Waals surface area contributed by atoms with Crippen LogP contribution in [-0.2, 0) is 9.32 Å². The summed E-state index contributed by atoms with van der Waals surface area (Å²) in [6, 6.07) is 21.5. The second kappa shape index (κ2) is 10.7. The molecule has 6 heteroatoms. The quantitative estimate of drug-likeness (QED) is 0.242. The number of carbonyl (C=O) groups is 1. The smallest absolute Gasteiger partial charge is 0.343 e. The van der Waals surface area contributed by atoms with E-state index in [1.807, 2.05) is 87.5 Å². The Kier molecular flexibility index (Phi) is 7.72. The number of nitrogens with zero attached hydrogens (tertiary/aromatic N) is 1. The van der Waals surface area contributed by atoms with Crippen molar-refractivity contribution in [3.63, 3.8) is 0 Å². The summed E-state index contributed by atoms with van der Waals surface area (Å²) in [4.78, 5) is 26.9. The van der Waals surface area contributed by atoms with Gasteiger partial charge < -0.3 is 9.05 Å². The summed E-state index contributed by atoms with van der Waals surface area (Å²) in [7, 11) is -1.63. The van der Waals surface area contributed by atoms with E-state index in [1.54, 1.807) is 0 Å². The molecule has 0 aliphatic carbocycles. The topological polar surface area (TPSA) is 65.0 Å². The van der Waals surface area contributed by atoms with Crippen LogP contribution in [-0.4, -0.2) is 24.8 Å². The third kappa shape index (κ3) is 6.11. The first-order valence-electron chi connectivity index (χ1n) is 9.92. The molecular weight excluding hydrogens is 409 g/mol. The third-order valence-electron chi connectivity index (χ3n) is 4.69. The van der Waals surface area contributed by atoms with E-state index in [-0.39, 0.29) is 6.54 Å². The predicted molar refractivity (Wildman–Crippen MR) is 123 cm³/mol. The average molecular weight is 433 g/mol. The summed E-state index contributed by atoms with van der Waals surface area (Å²) in [5.41, 5.74) is 5.51. The highest BCUT2D eigenvalue weighted by molar-refractivity contribution is 7.48. The van der Waals surface area contributed by atoms with Crippen LogP contribution in [0.25, 0.3) is 11.1 Å². The highest BCUT2D eigenvalue weighted by Crippen LogP contribution is 2.41. The van der Waals surface area contributed by atoms with Crippen molar-refractivity contribution < 1.29 is 18.6 Å². The van der Waals surface area contributed by atoms with Crippen molar-refractivity contribution in [2.24, 2.45) is 4.99 Å². The molecule has 1 unspecified atom stereocenters. The first-order chi connectivity index (χ1) is 15.0. The molecule has 0 radical (unpaired) electrons. The predicted octanol–water partition coefficient (Wildman–Crippen LogP) is 6.16. The Labute approximate surface area is 183 Å². The van der Waals surface area contributed by atoms with Gasteiger partial charge in [-0.3, -0.25) is 0 Å². The van der Waals surface area contributed by atoms with Crippen LogP contribution in [0.2, 0.25) is 0 Å². The maximum atomic E-state index is 12.9. The van der Waals surface area contributed by atoms with Gasteiger partial charge in [-0.2, -0.15) is 0 Å². The molecule has 0 fully saturated rings. The molecule has 0 bridgehead atoms. The zero-order valence-electron chi connectivity index (χ0n) is 17.8. The Balaban J connectivity index is 1.76. The SMILES string of the molecule is Cc1cc(C)c(C(=O)OP(CCN=C=O)Oc2ccc(-c3ccccc3)cc2)c(C)c1. The average Bonchev–Trinajstić information content (AvgIpc) is 2.74. The summed E-state index contributed by atoms with van der Waals surface area (Å²) in [5.74, 6) is 0.156. The summed E-state index contributed by atoms with van der Waals surface area (Å²) in [6.07, 6.45) is 1.82. The molecule has 3 rings (SSSR count). The van der Waals surface area contributed by atoms with Crippen LogP contribution in [0.4, 0.5) is 0 Å². The van der Waals surface area contributed by atoms with E-state index in [0.29, 0.717) is 17.5 Å². The van der Waals surface area contributed by atoms with Crippen LogP contribution in [0.5, 0.6) is 5.75 Å². The maximum absolute atomic E-state index is 12.9. The fourth-order valence-corrected chi connectivity index (χ4v) is 4.50. The van der Waals surface area contributed by atoms with Crippen LogP contribution in [0.15, 0.2) is 71.7 Å². The Morgan fingerprint density at radius 3 is 2.16 bits per heavy atom. The lowest BCUT2D eigenvalue weighted by Crippen LogP contribution is -2.10. The third-order valence-corrected chi connectivity index (χ3v) is 6.04. The lowest BCUT2D eigenvalue weighted by molar-refractivity contribution is 0.0739. The van der Waals surface area contributed by atoms with Crippen molar-refractivity contribution in [3.8, 4) is 16.9 Å². The van der Waals surface area contributed by atoms with Gasteiger partial charge in [0.05, 0.1) is 18.3 Å². The summed E-state index contributed by atoms with van der Waals surface area (Å²) >= 11 is 0. The monoisotopic (exact) mass is 433 g/mol. The molecule has 0 saturated carbocycles. The van der Waals surface area contributed by atoms with E-state index >= 15 is 0 Å². The molecule has 0 spiro atoms. The standard InChI is InChI=1S/C25H24NO4P/c1-18-15-19(2)24(20(3)16-18)25(28)30-31(14-13-26-17-27)29-23-11-9-22(10-12-23)21-7-5-4-6-8-21/h4-12,15-16H,13-14H2,1-3H3. The molecule has 3 aromatic rings. The fraction of sp³-hybridized carbons (Fsp3) is 0.200. The summed E-state index contributed by atoms with van der Waals surface area (Å²) in [6.45, 7) is 5.94. The highest BCUT2D eigenvalue weighted by Gasteiger charge is 2.22. The second-order valence-corrected chi connectivity index (χ2v) is 8.64. The zero-order valence-corrected chi connectivity index (χ0v) is 18.7. The number of hydrogen-bond acceptors (Lipinski definition) is 5. The molecule has 0 aliphatic heterocycles. The molecule has 0 aromatic heterocycles. The number of hydrogen-bond donors (Lipinski definition) is 0. The van der Waals surface area contributed by atoms with Crippen molar-refractivity contribution in [1.82, 2.24) is 0 Å². The second-order valence-electron chi connectivity index (χ2n) is 7.16. The van der Waals surface area contributed by atoms with Gasteiger partial charge in [0.15, 0.2) is 0 Å². The lowest BCUT2D eigenvalue weighted by atomic mass is 10.0. The highest BCUT2D eigenvalue weighted by atomic mass is 31.2. The Bertz CT molecular complexity index is 1070. The number of aryl methyl sites for hydroxylation is 3. The molecule has 5 nitrogen and oxygen atoms in total. The summed E-state index contributed by atoms with van der Waals surface area (Å²) in [5, 5.41) is 0. The van der Waals surface area contributed by atoms with Crippen molar-refractivity contribution in [3.05, 3.63) is 89.0 Å². The molecule has 0 aliphatic rings. The lowest BCUT2D eigenvalue weighted by Gasteiger charge is -2.18. The molecule has 0 saturated heterocycles. The minimum Gasteiger partial charge on any atom is -0.438 e. The molecular formula is C25H24NO4P. The van der Waals surface area contributed by atoms with Crippen LogP contribution < -0.4 is 4.52 Å². The van der Waals surface area contributed by atoms with Gasteiger partial charge in [0, 0.05) is 0 Å². The van der Waals surface area contributed by atoms with Crippen molar-refractivity contribution in [2.75, 3.05) is 12.7 Å². The van der Waals surface area contributed by atoms with Gasteiger partial charge in [0.1, 0.15) is 5.75 Å². The first kappa shape index (κ1) is 22.4. The zero-order chi connectivity index (χ0) is 22.2. The van der Waals surface area contributed by atoms with Gasteiger partial charge in [-0.15, -0.1) is 0 Å². The minimum atomic E-state index is -1.63. The van der Waals surface area contributed by atoms with E-state index in [1.165, 1.54) is 6.08 Å². The van der Waals surface area contributed by atoms with Crippen molar-refractivity contribution >= 4 is 20.4 Å². The molecule has 31 heavy (non-hydrogen) atoms. The number of benzene rings is 3.